The number of aryl methyl sites for hydroxylation is 1. The summed E-state index contributed by atoms with van der Waals surface area (Å²) in [5.41, 5.74) is 2.51. The number of para-hydroxylation sites is 2. The maximum atomic E-state index is 14.7. The van der Waals surface area contributed by atoms with E-state index in [0.717, 1.165) is 37.1 Å². The van der Waals surface area contributed by atoms with Gasteiger partial charge in [0.05, 0.1) is 16.6 Å². The van der Waals surface area contributed by atoms with Crippen molar-refractivity contribution in [2.45, 2.75) is 19.9 Å². The molecule has 0 unspecified atom stereocenters. The van der Waals surface area contributed by atoms with Crippen molar-refractivity contribution >= 4 is 16.9 Å². The fraction of sp³-hybridized carbons (Fsp3) is 0.300. The third kappa shape index (κ3) is 3.60. The SMILES string of the molecule is CCNCCCn1c(-c2ccc(C(=O)NC)cc2F)nc2ccccc21. The van der Waals surface area contributed by atoms with E-state index in [-0.39, 0.29) is 5.91 Å². The van der Waals surface area contributed by atoms with Gasteiger partial charge in [0, 0.05) is 19.2 Å². The summed E-state index contributed by atoms with van der Waals surface area (Å²) in [7, 11) is 1.53. The number of nitrogens with one attached hydrogen (secondary N) is 2. The molecule has 0 saturated carbocycles. The average Bonchev–Trinajstić information content (AvgIpc) is 3.03. The van der Waals surface area contributed by atoms with Crippen molar-refractivity contribution in [1.82, 2.24) is 20.2 Å². The first-order valence-corrected chi connectivity index (χ1v) is 8.83. The fourth-order valence-corrected chi connectivity index (χ4v) is 3.03. The van der Waals surface area contributed by atoms with Crippen molar-refractivity contribution in [3.8, 4) is 11.4 Å². The van der Waals surface area contributed by atoms with Crippen molar-refractivity contribution < 1.29 is 9.18 Å². The molecule has 26 heavy (non-hydrogen) atoms. The zero-order chi connectivity index (χ0) is 18.5. The van der Waals surface area contributed by atoms with Crippen LogP contribution in [0.15, 0.2) is 42.5 Å². The van der Waals surface area contributed by atoms with Crippen LogP contribution in [0.5, 0.6) is 0 Å². The highest BCUT2D eigenvalue weighted by molar-refractivity contribution is 5.94. The second-order valence-electron chi connectivity index (χ2n) is 6.06. The van der Waals surface area contributed by atoms with Gasteiger partial charge >= 0.3 is 0 Å². The Hall–Kier alpha value is -2.73. The number of halogens is 1. The smallest absolute Gasteiger partial charge is 0.251 e. The second-order valence-corrected chi connectivity index (χ2v) is 6.06. The molecule has 0 aliphatic rings. The predicted octanol–water partition coefficient (Wildman–Crippen LogP) is 3.20. The molecule has 3 aromatic rings. The van der Waals surface area contributed by atoms with Crippen molar-refractivity contribution in [3.63, 3.8) is 0 Å². The summed E-state index contributed by atoms with van der Waals surface area (Å²) >= 11 is 0. The maximum absolute atomic E-state index is 14.7. The Bertz CT molecular complexity index is 919. The molecule has 6 heteroatoms. The molecular weight excluding hydrogens is 331 g/mol. The lowest BCUT2D eigenvalue weighted by Gasteiger charge is -2.11. The van der Waals surface area contributed by atoms with Gasteiger partial charge in [-0.3, -0.25) is 4.79 Å². The molecule has 5 nitrogen and oxygen atoms in total. The minimum Gasteiger partial charge on any atom is -0.355 e. The number of hydrogen-bond acceptors (Lipinski definition) is 3. The number of fused-ring (bicyclic) bond motifs is 1. The summed E-state index contributed by atoms with van der Waals surface area (Å²) in [6.07, 6.45) is 0.916. The van der Waals surface area contributed by atoms with Crippen LogP contribution in [0.2, 0.25) is 0 Å². The van der Waals surface area contributed by atoms with E-state index >= 15 is 0 Å². The molecule has 0 aliphatic carbocycles. The molecule has 0 radical (unpaired) electrons. The van der Waals surface area contributed by atoms with E-state index in [4.69, 9.17) is 0 Å². The Morgan fingerprint density at radius 2 is 2.04 bits per heavy atom. The molecule has 3 rings (SSSR count). The maximum Gasteiger partial charge on any atom is 0.251 e. The van der Waals surface area contributed by atoms with Gasteiger partial charge in [-0.2, -0.15) is 0 Å². The Labute approximate surface area is 152 Å². The number of aromatic nitrogens is 2. The van der Waals surface area contributed by atoms with E-state index in [1.165, 1.54) is 13.1 Å². The summed E-state index contributed by atoms with van der Waals surface area (Å²) in [6.45, 7) is 4.62. The topological polar surface area (TPSA) is 59.0 Å². The molecule has 0 saturated heterocycles. The molecule has 136 valence electrons. The van der Waals surface area contributed by atoms with Crippen LogP contribution < -0.4 is 10.6 Å². The van der Waals surface area contributed by atoms with Crippen LogP contribution in [0.4, 0.5) is 4.39 Å². The molecule has 2 aromatic carbocycles. The molecule has 0 spiro atoms. The van der Waals surface area contributed by atoms with E-state index in [1.807, 2.05) is 28.8 Å². The van der Waals surface area contributed by atoms with Gasteiger partial charge in [-0.05, 0) is 49.8 Å². The molecular formula is C20H23FN4O. The zero-order valence-corrected chi connectivity index (χ0v) is 15.1. The molecule has 0 bridgehead atoms. The minimum atomic E-state index is -0.450. The van der Waals surface area contributed by atoms with E-state index < -0.39 is 5.82 Å². The first-order valence-electron chi connectivity index (χ1n) is 8.83. The number of rotatable bonds is 7. The first-order chi connectivity index (χ1) is 12.7. The summed E-state index contributed by atoms with van der Waals surface area (Å²) in [4.78, 5) is 16.4. The van der Waals surface area contributed by atoms with Crippen LogP contribution in [-0.4, -0.2) is 35.6 Å². The van der Waals surface area contributed by atoms with Gasteiger partial charge in [-0.25, -0.2) is 9.37 Å². The Morgan fingerprint density at radius 1 is 1.23 bits per heavy atom. The van der Waals surface area contributed by atoms with Crippen molar-refractivity contribution in [2.75, 3.05) is 20.1 Å². The van der Waals surface area contributed by atoms with Gasteiger partial charge in [-0.1, -0.05) is 19.1 Å². The van der Waals surface area contributed by atoms with Crippen LogP contribution in [0.1, 0.15) is 23.7 Å². The van der Waals surface area contributed by atoms with Crippen LogP contribution in [-0.2, 0) is 6.54 Å². The van der Waals surface area contributed by atoms with Crippen molar-refractivity contribution in [2.24, 2.45) is 0 Å². The molecule has 1 amide bonds. The van der Waals surface area contributed by atoms with E-state index in [1.54, 1.807) is 12.1 Å². The summed E-state index contributed by atoms with van der Waals surface area (Å²) in [6, 6.07) is 12.3. The Morgan fingerprint density at radius 3 is 2.77 bits per heavy atom. The number of carbonyl (C=O) groups is 1. The van der Waals surface area contributed by atoms with Gasteiger partial charge < -0.3 is 15.2 Å². The minimum absolute atomic E-state index is 0.295. The number of hydrogen-bond donors (Lipinski definition) is 2. The second kappa shape index (κ2) is 8.10. The number of nitrogens with zero attached hydrogens (tertiary/aromatic N) is 2. The number of imidazole rings is 1. The van der Waals surface area contributed by atoms with E-state index in [0.29, 0.717) is 17.0 Å². The molecule has 2 N–H and O–H groups in total. The number of benzene rings is 2. The van der Waals surface area contributed by atoms with E-state index in [9.17, 15) is 9.18 Å². The molecule has 0 atom stereocenters. The largest absolute Gasteiger partial charge is 0.355 e. The standard InChI is InChI=1S/C20H23FN4O/c1-3-23-11-6-12-25-18-8-5-4-7-17(18)24-19(25)15-10-9-14(13-16(15)21)20(26)22-2/h4-5,7-10,13,23H,3,6,11-12H2,1-2H3,(H,22,26). The fourth-order valence-electron chi connectivity index (χ4n) is 3.03. The molecule has 1 heterocycles. The normalized spacial score (nSPS) is 11.0. The molecule has 0 aliphatic heterocycles. The monoisotopic (exact) mass is 354 g/mol. The van der Waals surface area contributed by atoms with Crippen molar-refractivity contribution in [1.29, 1.82) is 0 Å². The van der Waals surface area contributed by atoms with Crippen molar-refractivity contribution in [3.05, 3.63) is 53.8 Å². The van der Waals surface area contributed by atoms with Gasteiger partial charge in [0.2, 0.25) is 0 Å². The Kier molecular flexibility index (Phi) is 5.63. The van der Waals surface area contributed by atoms with Crippen LogP contribution >= 0.6 is 0 Å². The molecule has 0 fully saturated rings. The Balaban J connectivity index is 2.02. The number of carbonyl (C=O) groups excluding carboxylic acids is 1. The van der Waals surface area contributed by atoms with Gasteiger partial charge in [-0.15, -0.1) is 0 Å². The highest BCUT2D eigenvalue weighted by Gasteiger charge is 2.17. The average molecular weight is 354 g/mol. The number of amides is 1. The van der Waals surface area contributed by atoms with Crippen LogP contribution in [0.3, 0.4) is 0 Å². The summed E-state index contributed by atoms with van der Waals surface area (Å²) < 4.78 is 16.8. The molecule has 1 aromatic heterocycles. The quantitative estimate of drug-likeness (QED) is 0.641. The summed E-state index contributed by atoms with van der Waals surface area (Å²) in [5.74, 6) is -0.174. The predicted molar refractivity (Wildman–Crippen MR) is 102 cm³/mol. The van der Waals surface area contributed by atoms with Gasteiger partial charge in [0.1, 0.15) is 11.6 Å². The van der Waals surface area contributed by atoms with Crippen LogP contribution in [0.25, 0.3) is 22.4 Å². The van der Waals surface area contributed by atoms with Gasteiger partial charge in [0.25, 0.3) is 5.91 Å². The third-order valence-electron chi connectivity index (χ3n) is 4.34. The third-order valence-corrected chi connectivity index (χ3v) is 4.34. The highest BCUT2D eigenvalue weighted by Crippen LogP contribution is 2.27. The lowest BCUT2D eigenvalue weighted by atomic mass is 10.1. The van der Waals surface area contributed by atoms with E-state index in [2.05, 4.69) is 22.5 Å². The highest BCUT2D eigenvalue weighted by atomic mass is 19.1. The zero-order valence-electron chi connectivity index (χ0n) is 15.1. The van der Waals surface area contributed by atoms with Crippen LogP contribution in [0, 0.1) is 5.82 Å². The lowest BCUT2D eigenvalue weighted by molar-refractivity contribution is 0.0962. The summed E-state index contributed by atoms with van der Waals surface area (Å²) in [5, 5.41) is 5.81. The first kappa shape index (κ1) is 18.1. The van der Waals surface area contributed by atoms with Gasteiger partial charge in [0.15, 0.2) is 0 Å². The lowest BCUT2D eigenvalue weighted by Crippen LogP contribution is -2.18.